The van der Waals surface area contributed by atoms with E-state index in [1.807, 2.05) is 18.2 Å². The fraction of sp³-hybridized carbons (Fsp3) is 0.0800. The lowest BCUT2D eigenvalue weighted by atomic mass is 10.1. The molecule has 162 valence electrons. The Labute approximate surface area is 187 Å². The highest BCUT2D eigenvalue weighted by Crippen LogP contribution is 2.17. The Morgan fingerprint density at radius 3 is 2.33 bits per heavy atom. The first-order valence-electron chi connectivity index (χ1n) is 10.3. The number of fused-ring (bicyclic) bond motifs is 2. The molecule has 8 heteroatoms. The van der Waals surface area contributed by atoms with Gasteiger partial charge >= 0.3 is 0 Å². The lowest BCUT2D eigenvalue weighted by Crippen LogP contribution is -2.22. The average molecular weight is 437 g/mol. The van der Waals surface area contributed by atoms with Gasteiger partial charge < -0.3 is 9.88 Å². The summed E-state index contributed by atoms with van der Waals surface area (Å²) in [6.45, 7) is 1.76. The number of pyridine rings is 4. The minimum Gasteiger partial charge on any atom is -0.326 e. The van der Waals surface area contributed by atoms with Crippen LogP contribution in [0.15, 0.2) is 88.8 Å². The molecule has 0 fully saturated rings. The molecular formula is C25H19N5O3. The van der Waals surface area contributed by atoms with Crippen LogP contribution in [-0.4, -0.2) is 25.0 Å². The number of amides is 1. The maximum Gasteiger partial charge on any atom is 0.264 e. The molecule has 8 nitrogen and oxygen atoms in total. The second-order valence-corrected chi connectivity index (χ2v) is 7.64. The number of aromatic nitrogens is 4. The van der Waals surface area contributed by atoms with Crippen LogP contribution in [-0.2, 0) is 11.3 Å². The first-order chi connectivity index (χ1) is 16.0. The van der Waals surface area contributed by atoms with Gasteiger partial charge in [-0.15, -0.1) is 0 Å². The summed E-state index contributed by atoms with van der Waals surface area (Å²) in [5.74, 6) is -0.169. The number of hydrogen-bond donors (Lipinski definition) is 1. The number of benzene rings is 1. The molecule has 1 N–H and O–H groups in total. The van der Waals surface area contributed by atoms with Crippen LogP contribution in [0.25, 0.3) is 27.5 Å². The second-order valence-electron chi connectivity index (χ2n) is 7.64. The Morgan fingerprint density at radius 2 is 1.64 bits per heavy atom. The molecule has 0 aliphatic heterocycles. The fourth-order valence-corrected chi connectivity index (χ4v) is 3.77. The van der Waals surface area contributed by atoms with Crippen molar-refractivity contribution < 1.29 is 4.79 Å². The number of anilines is 1. The lowest BCUT2D eigenvalue weighted by Gasteiger charge is -2.10. The van der Waals surface area contributed by atoms with E-state index in [4.69, 9.17) is 0 Å². The maximum atomic E-state index is 13.3. The number of hydrogen-bond acceptors (Lipinski definition) is 5. The number of carbonyl (C=O) groups is 1. The molecule has 0 saturated carbocycles. The van der Waals surface area contributed by atoms with E-state index in [1.165, 1.54) is 11.5 Å². The van der Waals surface area contributed by atoms with Crippen molar-refractivity contribution in [1.82, 2.24) is 19.1 Å². The number of nitrogens with zero attached hydrogens (tertiary/aromatic N) is 4. The Balaban J connectivity index is 1.60. The molecule has 0 atom stereocenters. The summed E-state index contributed by atoms with van der Waals surface area (Å²) in [5, 5.41) is 3.42. The van der Waals surface area contributed by atoms with Gasteiger partial charge in [0.1, 0.15) is 0 Å². The predicted molar refractivity (Wildman–Crippen MR) is 127 cm³/mol. The van der Waals surface area contributed by atoms with Crippen molar-refractivity contribution in [3.05, 3.63) is 106 Å². The fourth-order valence-electron chi connectivity index (χ4n) is 3.77. The second kappa shape index (κ2) is 8.16. The first-order valence-corrected chi connectivity index (χ1v) is 10.3. The molecular weight excluding hydrogens is 418 g/mol. The Hall–Kier alpha value is -4.59. The molecule has 0 spiro atoms. The molecule has 0 radical (unpaired) electrons. The third kappa shape index (κ3) is 3.89. The van der Waals surface area contributed by atoms with Gasteiger partial charge in [0.05, 0.1) is 34.0 Å². The summed E-state index contributed by atoms with van der Waals surface area (Å²) in [5.41, 5.74) is 2.56. The van der Waals surface area contributed by atoms with Crippen LogP contribution in [0.4, 0.5) is 5.69 Å². The van der Waals surface area contributed by atoms with E-state index in [2.05, 4.69) is 15.3 Å². The molecule has 33 heavy (non-hydrogen) atoms. The third-order valence-electron chi connectivity index (χ3n) is 5.34. The summed E-state index contributed by atoms with van der Waals surface area (Å²) >= 11 is 0. The van der Waals surface area contributed by atoms with Crippen molar-refractivity contribution >= 4 is 33.4 Å². The van der Waals surface area contributed by atoms with Gasteiger partial charge in [0.2, 0.25) is 5.91 Å². The molecule has 0 saturated heterocycles. The van der Waals surface area contributed by atoms with Gasteiger partial charge in [-0.3, -0.25) is 23.9 Å². The van der Waals surface area contributed by atoms with Gasteiger partial charge in [0, 0.05) is 36.9 Å². The number of carbonyl (C=O) groups excluding carboxylic acids is 1. The smallest absolute Gasteiger partial charge is 0.264 e. The molecule has 4 heterocycles. The number of rotatable bonds is 4. The van der Waals surface area contributed by atoms with Crippen LogP contribution >= 0.6 is 0 Å². The zero-order chi connectivity index (χ0) is 22.9. The Kier molecular flexibility index (Phi) is 5.02. The minimum absolute atomic E-state index is 0.169. The van der Waals surface area contributed by atoms with Crippen LogP contribution in [0, 0.1) is 0 Å². The van der Waals surface area contributed by atoms with Crippen molar-refractivity contribution in [3.8, 4) is 5.69 Å². The average Bonchev–Trinajstić information content (AvgIpc) is 2.82. The molecule has 1 aromatic carbocycles. The molecule has 0 bridgehead atoms. The van der Waals surface area contributed by atoms with E-state index < -0.39 is 0 Å². The lowest BCUT2D eigenvalue weighted by molar-refractivity contribution is -0.114. The summed E-state index contributed by atoms with van der Waals surface area (Å²) in [6, 6.07) is 17.6. The zero-order valence-corrected chi connectivity index (χ0v) is 17.7. The topological polar surface area (TPSA) is 98.9 Å². The van der Waals surface area contributed by atoms with Crippen LogP contribution in [0.5, 0.6) is 0 Å². The minimum atomic E-state index is -0.284. The van der Waals surface area contributed by atoms with E-state index >= 15 is 0 Å². The van der Waals surface area contributed by atoms with Gasteiger partial charge in [-0.05, 0) is 54.6 Å². The van der Waals surface area contributed by atoms with E-state index in [-0.39, 0.29) is 17.0 Å². The molecule has 5 aromatic rings. The number of nitrogens with one attached hydrogen (secondary N) is 1. The standard InChI is InChI=1S/C25H19N5O3/c1-16(31)27-17-5-7-19(8-6-17)30-13-10-23-21(25(30)33)14-20-22(28-23)9-12-29(24(20)32)15-18-4-2-3-11-26-18/h2-14H,15H2,1H3,(H,27,31). The molecule has 1 amide bonds. The van der Waals surface area contributed by atoms with E-state index in [1.54, 1.807) is 65.6 Å². The zero-order valence-electron chi connectivity index (χ0n) is 17.7. The summed E-state index contributed by atoms with van der Waals surface area (Å²) < 4.78 is 3.04. The van der Waals surface area contributed by atoms with Crippen molar-refractivity contribution in [1.29, 1.82) is 0 Å². The van der Waals surface area contributed by atoms with E-state index in [0.717, 1.165) is 5.69 Å². The van der Waals surface area contributed by atoms with Crippen molar-refractivity contribution in [2.45, 2.75) is 13.5 Å². The molecule has 4 aromatic heterocycles. The monoisotopic (exact) mass is 437 g/mol. The van der Waals surface area contributed by atoms with E-state index in [9.17, 15) is 14.4 Å². The van der Waals surface area contributed by atoms with Crippen LogP contribution in [0.3, 0.4) is 0 Å². The van der Waals surface area contributed by atoms with Gasteiger partial charge in [-0.1, -0.05) is 6.07 Å². The van der Waals surface area contributed by atoms with Crippen LogP contribution in [0.1, 0.15) is 12.6 Å². The Bertz CT molecular complexity index is 1620. The van der Waals surface area contributed by atoms with Crippen LogP contribution < -0.4 is 16.4 Å². The quantitative estimate of drug-likeness (QED) is 0.436. The van der Waals surface area contributed by atoms with Crippen LogP contribution in [0.2, 0.25) is 0 Å². The molecule has 0 unspecified atom stereocenters. The van der Waals surface area contributed by atoms with Gasteiger partial charge in [0.15, 0.2) is 0 Å². The molecule has 0 aliphatic carbocycles. The SMILES string of the molecule is CC(=O)Nc1ccc(-n2ccc3nc4ccn(Cc5ccccn5)c(=O)c4cc3c2=O)cc1. The molecule has 5 rings (SSSR count). The Morgan fingerprint density at radius 1 is 0.909 bits per heavy atom. The normalized spacial score (nSPS) is 11.1. The van der Waals surface area contributed by atoms with Crippen molar-refractivity contribution in [2.75, 3.05) is 5.32 Å². The van der Waals surface area contributed by atoms with Gasteiger partial charge in [0.25, 0.3) is 11.1 Å². The third-order valence-corrected chi connectivity index (χ3v) is 5.34. The molecule has 0 aliphatic rings. The predicted octanol–water partition coefficient (Wildman–Crippen LogP) is 3.10. The maximum absolute atomic E-state index is 13.3. The largest absolute Gasteiger partial charge is 0.326 e. The highest BCUT2D eigenvalue weighted by atomic mass is 16.1. The first kappa shape index (κ1) is 20.3. The highest BCUT2D eigenvalue weighted by Gasteiger charge is 2.11. The summed E-state index contributed by atoms with van der Waals surface area (Å²) in [6.07, 6.45) is 5.02. The highest BCUT2D eigenvalue weighted by molar-refractivity contribution is 5.92. The van der Waals surface area contributed by atoms with Crippen molar-refractivity contribution in [2.24, 2.45) is 0 Å². The van der Waals surface area contributed by atoms with Crippen molar-refractivity contribution in [3.63, 3.8) is 0 Å². The van der Waals surface area contributed by atoms with Gasteiger partial charge in [-0.25, -0.2) is 4.98 Å². The summed E-state index contributed by atoms with van der Waals surface area (Å²) in [7, 11) is 0. The van der Waals surface area contributed by atoms with E-state index in [0.29, 0.717) is 39.7 Å². The van der Waals surface area contributed by atoms with Gasteiger partial charge in [-0.2, -0.15) is 0 Å². The summed E-state index contributed by atoms with van der Waals surface area (Å²) in [4.78, 5) is 46.4.